The van der Waals surface area contributed by atoms with Crippen LogP contribution in [0, 0.1) is 0 Å². The highest BCUT2D eigenvalue weighted by molar-refractivity contribution is 6.22. The molecule has 0 saturated carbocycles. The molecule has 0 saturated heterocycles. The van der Waals surface area contributed by atoms with Gasteiger partial charge in [-0.3, -0.25) is 5.32 Å². The second kappa shape index (κ2) is 16.7. The Hall–Kier alpha value is -7.40. The first kappa shape index (κ1) is 39.1. The lowest BCUT2D eigenvalue weighted by Crippen LogP contribution is -2.40. The zero-order valence-corrected chi connectivity index (χ0v) is 35.1. The minimum absolute atomic E-state index is 0.00172. The van der Waals surface area contributed by atoms with E-state index in [1.165, 1.54) is 87.8 Å². The summed E-state index contributed by atoms with van der Waals surface area (Å²) in [5.74, 6) is 0. The van der Waals surface area contributed by atoms with E-state index < -0.39 is 0 Å². The largest absolute Gasteiger partial charge is 0.352 e. The van der Waals surface area contributed by atoms with E-state index in [1.54, 1.807) is 0 Å². The monoisotopic (exact) mass is 790 g/mol. The highest BCUT2D eigenvalue weighted by atomic mass is 15.3. The van der Waals surface area contributed by atoms with Crippen molar-refractivity contribution in [1.82, 2.24) is 14.5 Å². The first-order chi connectivity index (χ1) is 30.2. The van der Waals surface area contributed by atoms with Gasteiger partial charge in [-0.25, -0.2) is 0 Å². The molecule has 2 unspecified atom stereocenters. The average Bonchev–Trinajstić information content (AvgIpc) is 3.86. The zero-order valence-electron chi connectivity index (χ0n) is 35.1. The summed E-state index contributed by atoms with van der Waals surface area (Å²) in [5.41, 5.74) is 14.2. The standard InChI is InChI=1S/C53H40N4.C2H6.C2H4/c1-3-40(4-2)56-49-30-28-39(33-45(49)51-41-17-9-8-16-36(41)26-31-50(51)56)38-27-29-48-44(32-38)42-18-11-13-21-47(42)57(48)53-54-46-20-12-10-19-43(46)52(55-53)37-24-22-35(23-25-37)34-14-6-5-7-15-34;2*1-2/h3-33,52-55H,1H2,2H3;1-2H3;1-2H2/b40-4+;;. The van der Waals surface area contributed by atoms with Crippen LogP contribution in [0.5, 0.6) is 0 Å². The lowest BCUT2D eigenvalue weighted by molar-refractivity contribution is 0.417. The summed E-state index contributed by atoms with van der Waals surface area (Å²) < 4.78 is 4.78. The van der Waals surface area contributed by atoms with Crippen molar-refractivity contribution < 1.29 is 0 Å². The van der Waals surface area contributed by atoms with E-state index in [4.69, 9.17) is 0 Å². The van der Waals surface area contributed by atoms with Gasteiger partial charge in [-0.1, -0.05) is 160 Å². The molecule has 11 rings (SSSR count). The second-order valence-electron chi connectivity index (χ2n) is 15.0. The van der Waals surface area contributed by atoms with Crippen LogP contribution in [0.25, 0.3) is 82.3 Å². The molecule has 0 aliphatic carbocycles. The van der Waals surface area contributed by atoms with Gasteiger partial charge in [0.2, 0.25) is 0 Å². The quantitative estimate of drug-likeness (QED) is 0.130. The van der Waals surface area contributed by atoms with E-state index in [2.05, 4.69) is 228 Å². The molecule has 0 bridgehead atoms. The first-order valence-corrected chi connectivity index (χ1v) is 21.2. The Morgan fingerprint density at radius 1 is 0.541 bits per heavy atom. The van der Waals surface area contributed by atoms with Crippen LogP contribution in [-0.2, 0) is 0 Å². The molecule has 10 aromatic rings. The maximum atomic E-state index is 4.16. The van der Waals surface area contributed by atoms with Crippen molar-refractivity contribution in [3.8, 4) is 22.3 Å². The smallest absolute Gasteiger partial charge is 0.160 e. The molecule has 1 aliphatic heterocycles. The van der Waals surface area contributed by atoms with Gasteiger partial charge < -0.3 is 14.5 Å². The Balaban J connectivity index is 0.00000116. The van der Waals surface area contributed by atoms with Gasteiger partial charge in [-0.05, 0) is 99.6 Å². The number of hydrogen-bond acceptors (Lipinski definition) is 2. The molecule has 0 amide bonds. The predicted octanol–water partition coefficient (Wildman–Crippen LogP) is 15.5. The Labute approximate surface area is 358 Å². The number of allylic oxidation sites excluding steroid dienone is 3. The minimum atomic E-state index is -0.187. The van der Waals surface area contributed by atoms with Crippen LogP contribution in [0.4, 0.5) is 5.69 Å². The van der Waals surface area contributed by atoms with Gasteiger partial charge in [0.15, 0.2) is 6.29 Å². The molecule has 4 heteroatoms. The molecule has 2 N–H and O–H groups in total. The normalized spacial score (nSPS) is 14.8. The number of anilines is 1. The van der Waals surface area contributed by atoms with E-state index in [9.17, 15) is 0 Å². The van der Waals surface area contributed by atoms with Crippen molar-refractivity contribution in [1.29, 1.82) is 0 Å². The van der Waals surface area contributed by atoms with Crippen molar-refractivity contribution in [3.05, 3.63) is 219 Å². The third-order valence-corrected chi connectivity index (χ3v) is 12.0. The lowest BCUT2D eigenvalue weighted by atomic mass is 9.93. The highest BCUT2D eigenvalue weighted by Gasteiger charge is 2.30. The maximum absolute atomic E-state index is 4.16. The van der Waals surface area contributed by atoms with E-state index in [0.717, 1.165) is 11.4 Å². The number of benzene rings is 8. The molecular weight excluding hydrogens is 741 g/mol. The number of nitrogens with one attached hydrogen (secondary N) is 2. The van der Waals surface area contributed by atoms with Crippen LogP contribution in [0.2, 0.25) is 0 Å². The Morgan fingerprint density at radius 2 is 1.13 bits per heavy atom. The molecule has 3 heterocycles. The third-order valence-electron chi connectivity index (χ3n) is 12.0. The topological polar surface area (TPSA) is 33.9 Å². The van der Waals surface area contributed by atoms with Crippen molar-refractivity contribution in [2.45, 2.75) is 33.1 Å². The molecule has 1 aliphatic rings. The number of fused-ring (bicyclic) bond motifs is 9. The van der Waals surface area contributed by atoms with E-state index in [1.807, 2.05) is 19.9 Å². The maximum Gasteiger partial charge on any atom is 0.160 e. The highest BCUT2D eigenvalue weighted by Crippen LogP contribution is 2.42. The fraction of sp³-hybridized carbons (Fsp3) is 0.0877. The minimum Gasteiger partial charge on any atom is -0.352 e. The van der Waals surface area contributed by atoms with E-state index in [-0.39, 0.29) is 12.3 Å². The molecule has 61 heavy (non-hydrogen) atoms. The number of hydrogen-bond donors (Lipinski definition) is 2. The first-order valence-electron chi connectivity index (χ1n) is 21.2. The van der Waals surface area contributed by atoms with Gasteiger partial charge in [0.25, 0.3) is 0 Å². The van der Waals surface area contributed by atoms with E-state index >= 15 is 0 Å². The Morgan fingerprint density at radius 3 is 1.89 bits per heavy atom. The van der Waals surface area contributed by atoms with Crippen molar-refractivity contribution in [2.75, 3.05) is 5.32 Å². The van der Waals surface area contributed by atoms with Crippen molar-refractivity contribution >= 4 is 65.8 Å². The molecule has 0 spiro atoms. The molecule has 4 nitrogen and oxygen atoms in total. The van der Waals surface area contributed by atoms with Crippen LogP contribution in [-0.4, -0.2) is 9.13 Å². The summed E-state index contributed by atoms with van der Waals surface area (Å²) >= 11 is 0. The fourth-order valence-corrected chi connectivity index (χ4v) is 9.28. The summed E-state index contributed by atoms with van der Waals surface area (Å²) in [7, 11) is 0. The van der Waals surface area contributed by atoms with Crippen LogP contribution in [0.15, 0.2) is 208 Å². The van der Waals surface area contributed by atoms with Crippen LogP contribution in [0.1, 0.15) is 44.2 Å². The van der Waals surface area contributed by atoms with Gasteiger partial charge >= 0.3 is 0 Å². The molecule has 2 aromatic heterocycles. The van der Waals surface area contributed by atoms with Gasteiger partial charge in [-0.15, -0.1) is 13.2 Å². The average molecular weight is 791 g/mol. The zero-order chi connectivity index (χ0) is 42.0. The number of rotatable bonds is 6. The summed E-state index contributed by atoms with van der Waals surface area (Å²) in [6.45, 7) is 16.2. The molecule has 2 atom stereocenters. The molecule has 8 aromatic carbocycles. The van der Waals surface area contributed by atoms with Crippen LogP contribution >= 0.6 is 0 Å². The molecular formula is C57H50N4. The van der Waals surface area contributed by atoms with Gasteiger partial charge in [0.1, 0.15) is 0 Å². The van der Waals surface area contributed by atoms with Crippen LogP contribution in [0.3, 0.4) is 0 Å². The van der Waals surface area contributed by atoms with E-state index in [0.29, 0.717) is 0 Å². The predicted molar refractivity (Wildman–Crippen MR) is 264 cm³/mol. The number of aromatic nitrogens is 2. The lowest BCUT2D eigenvalue weighted by Gasteiger charge is -2.36. The summed E-state index contributed by atoms with van der Waals surface area (Å²) in [5, 5.41) is 15.4. The molecule has 298 valence electrons. The molecule has 0 fully saturated rings. The van der Waals surface area contributed by atoms with Crippen LogP contribution < -0.4 is 10.6 Å². The SMILES string of the molecule is C=C.C=C/C(=C\C)n1c2ccc(-c3ccc4c(c3)c3ccccc3n4C3Nc4ccccc4C(c4ccc(-c5ccccc5)cc4)N3)cc2c2c3ccccc3ccc21.CC. The van der Waals surface area contributed by atoms with Gasteiger partial charge in [0.05, 0.1) is 28.1 Å². The Bertz CT molecular complexity index is 3240. The second-order valence-corrected chi connectivity index (χ2v) is 15.0. The third kappa shape index (κ3) is 6.62. The van der Waals surface area contributed by atoms with Crippen molar-refractivity contribution in [2.24, 2.45) is 0 Å². The van der Waals surface area contributed by atoms with Gasteiger partial charge in [0, 0.05) is 32.9 Å². The molecule has 0 radical (unpaired) electrons. The van der Waals surface area contributed by atoms with Gasteiger partial charge in [-0.2, -0.15) is 0 Å². The number of para-hydroxylation sites is 2. The summed E-state index contributed by atoms with van der Waals surface area (Å²) in [4.78, 5) is 0. The summed E-state index contributed by atoms with van der Waals surface area (Å²) in [6, 6.07) is 64.2. The fourth-order valence-electron chi connectivity index (χ4n) is 9.28. The van der Waals surface area contributed by atoms with Crippen molar-refractivity contribution in [3.63, 3.8) is 0 Å². The summed E-state index contributed by atoms with van der Waals surface area (Å²) in [6.07, 6.45) is 3.90. The Kier molecular flexibility index (Phi) is 10.7. The number of nitrogens with zero attached hydrogens (tertiary/aromatic N) is 2.